The number of carboxylic acids is 2. The molecule has 30 heavy (non-hydrogen) atoms. The molecule has 2 aliphatic rings. The molecule has 3 rings (SSSR count). The van der Waals surface area contributed by atoms with Crippen molar-refractivity contribution in [2.24, 2.45) is 11.8 Å². The number of Topliss-reactive ketones (excluding diaryl/α,β-unsaturated/α-hetero) is 1. The van der Waals surface area contributed by atoms with Gasteiger partial charge in [0.2, 0.25) is 0 Å². The number of hydrogen-bond donors (Lipinski definition) is 2. The van der Waals surface area contributed by atoms with Gasteiger partial charge in [-0.15, -0.1) is 0 Å². The van der Waals surface area contributed by atoms with E-state index in [1.807, 2.05) is 0 Å². The van der Waals surface area contributed by atoms with E-state index in [2.05, 4.69) is 6.07 Å². The lowest BCUT2D eigenvalue weighted by Gasteiger charge is -2.46. The molecule has 1 aromatic carbocycles. The number of ketones is 1. The maximum Gasteiger partial charge on any atom is 0.331 e. The van der Waals surface area contributed by atoms with Crippen LogP contribution in [-0.2, 0) is 20.8 Å². The van der Waals surface area contributed by atoms with Crippen molar-refractivity contribution in [3.63, 3.8) is 0 Å². The Labute approximate surface area is 174 Å². The van der Waals surface area contributed by atoms with E-state index in [9.17, 15) is 29.9 Å². The number of nitrogens with zero attached hydrogens (tertiary/aromatic N) is 2. The number of allylic oxidation sites excluding steroid dienone is 2. The van der Waals surface area contributed by atoms with Gasteiger partial charge < -0.3 is 10.2 Å². The van der Waals surface area contributed by atoms with Gasteiger partial charge in [0.05, 0.1) is 11.6 Å². The molecule has 0 radical (unpaired) electrons. The van der Waals surface area contributed by atoms with Crippen LogP contribution in [0.15, 0.2) is 48.1 Å². The van der Waals surface area contributed by atoms with Gasteiger partial charge >= 0.3 is 11.9 Å². The second-order valence-corrected chi connectivity index (χ2v) is 7.81. The summed E-state index contributed by atoms with van der Waals surface area (Å²) >= 11 is 0. The first-order chi connectivity index (χ1) is 14.3. The maximum absolute atomic E-state index is 12.8. The van der Waals surface area contributed by atoms with Crippen LogP contribution in [0.3, 0.4) is 0 Å². The highest BCUT2D eigenvalue weighted by Gasteiger charge is 2.51. The van der Waals surface area contributed by atoms with Gasteiger partial charge in [0.1, 0.15) is 11.3 Å². The average Bonchev–Trinajstić information content (AvgIpc) is 2.74. The molecule has 2 N–H and O–H groups in total. The normalized spacial score (nSPS) is 24.7. The number of nitriles is 1. The molecule has 1 saturated heterocycles. The van der Waals surface area contributed by atoms with E-state index in [0.717, 1.165) is 0 Å². The lowest BCUT2D eigenvalue weighted by atomic mass is 9.74. The minimum absolute atomic E-state index is 0.0417. The third kappa shape index (κ3) is 3.79. The Hall–Kier alpha value is -3.24. The van der Waals surface area contributed by atoms with E-state index >= 15 is 0 Å². The largest absolute Gasteiger partial charge is 0.480 e. The van der Waals surface area contributed by atoms with Crippen LogP contribution in [0.2, 0.25) is 0 Å². The summed E-state index contributed by atoms with van der Waals surface area (Å²) < 4.78 is 0. The van der Waals surface area contributed by atoms with E-state index in [1.54, 1.807) is 42.2 Å². The van der Waals surface area contributed by atoms with Crippen molar-refractivity contribution in [2.45, 2.75) is 31.7 Å². The standard InChI is InChI=1S/C23H24N2O5/c1-15-19(21(27)28)7-4-10-23(15,22(29)30)25-11-8-16(9-12-25)20(26)13-17-5-2-3-6-18(17)14-24/h2-7,10,15-16H,8-9,11-13H2,1H3,(H,27,28)(H,29,30). The first-order valence-electron chi connectivity index (χ1n) is 9.93. The number of rotatable bonds is 6. The first-order valence-corrected chi connectivity index (χ1v) is 9.93. The number of aliphatic carboxylic acids is 2. The summed E-state index contributed by atoms with van der Waals surface area (Å²) in [6.07, 6.45) is 5.66. The summed E-state index contributed by atoms with van der Waals surface area (Å²) in [5.74, 6) is -3.12. The zero-order valence-corrected chi connectivity index (χ0v) is 16.7. The molecule has 0 amide bonds. The number of hydrogen-bond acceptors (Lipinski definition) is 5. The maximum atomic E-state index is 12.8. The third-order valence-electron chi connectivity index (χ3n) is 6.32. The molecule has 7 heteroatoms. The predicted octanol–water partition coefficient (Wildman–Crippen LogP) is 2.42. The van der Waals surface area contributed by atoms with Crippen molar-refractivity contribution in [2.75, 3.05) is 13.1 Å². The second kappa shape index (κ2) is 8.64. The minimum atomic E-state index is -1.44. The fourth-order valence-corrected chi connectivity index (χ4v) is 4.54. The molecule has 1 heterocycles. The number of piperidine rings is 1. The molecular formula is C23H24N2O5. The van der Waals surface area contributed by atoms with Gasteiger partial charge in [-0.25, -0.2) is 9.59 Å². The first kappa shape index (κ1) is 21.5. The van der Waals surface area contributed by atoms with Gasteiger partial charge in [-0.05, 0) is 24.5 Å². The molecule has 7 nitrogen and oxygen atoms in total. The monoisotopic (exact) mass is 408 g/mol. The molecule has 1 aliphatic carbocycles. The highest BCUT2D eigenvalue weighted by Crippen LogP contribution is 2.38. The summed E-state index contributed by atoms with van der Waals surface area (Å²) in [5.41, 5.74) is -0.188. The van der Waals surface area contributed by atoms with Gasteiger partial charge in [0.25, 0.3) is 0 Å². The third-order valence-corrected chi connectivity index (χ3v) is 6.32. The van der Waals surface area contributed by atoms with Crippen molar-refractivity contribution in [1.29, 1.82) is 5.26 Å². The van der Waals surface area contributed by atoms with Crippen LogP contribution in [0.25, 0.3) is 0 Å². The molecule has 1 aromatic rings. The highest BCUT2D eigenvalue weighted by atomic mass is 16.4. The SMILES string of the molecule is CC1C(C(=O)O)=CC=CC1(C(=O)O)N1CCC(C(=O)Cc2ccccc2C#N)CC1. The highest BCUT2D eigenvalue weighted by molar-refractivity contribution is 5.93. The molecule has 0 aromatic heterocycles. The molecular weight excluding hydrogens is 384 g/mol. The molecule has 2 atom stereocenters. The van der Waals surface area contributed by atoms with E-state index < -0.39 is 23.4 Å². The molecule has 1 aliphatic heterocycles. The number of carbonyl (C=O) groups is 3. The summed E-state index contributed by atoms with van der Waals surface area (Å²) in [5, 5.41) is 28.7. The van der Waals surface area contributed by atoms with Crippen LogP contribution in [0.1, 0.15) is 30.9 Å². The fraction of sp³-hybridized carbons (Fsp3) is 0.391. The topological polar surface area (TPSA) is 119 Å². The van der Waals surface area contributed by atoms with Gasteiger partial charge in [0.15, 0.2) is 0 Å². The van der Waals surface area contributed by atoms with Crippen molar-refractivity contribution < 1.29 is 24.6 Å². The van der Waals surface area contributed by atoms with Crippen LogP contribution in [0, 0.1) is 23.2 Å². The molecule has 0 saturated carbocycles. The summed E-state index contributed by atoms with van der Waals surface area (Å²) in [6.45, 7) is 2.38. The van der Waals surface area contributed by atoms with Crippen molar-refractivity contribution in [1.82, 2.24) is 4.90 Å². The average molecular weight is 408 g/mol. The zero-order valence-electron chi connectivity index (χ0n) is 16.7. The Morgan fingerprint density at radius 1 is 1.20 bits per heavy atom. The number of benzene rings is 1. The van der Waals surface area contributed by atoms with Crippen molar-refractivity contribution in [3.05, 3.63) is 59.2 Å². The Bertz CT molecular complexity index is 966. The van der Waals surface area contributed by atoms with Gasteiger partial charge in [-0.2, -0.15) is 5.26 Å². The van der Waals surface area contributed by atoms with Crippen LogP contribution in [0.4, 0.5) is 0 Å². The quantitative estimate of drug-likeness (QED) is 0.742. The van der Waals surface area contributed by atoms with Crippen LogP contribution in [0.5, 0.6) is 0 Å². The fourth-order valence-electron chi connectivity index (χ4n) is 4.54. The van der Waals surface area contributed by atoms with Gasteiger partial charge in [-0.3, -0.25) is 9.69 Å². The van der Waals surface area contributed by atoms with Crippen LogP contribution < -0.4 is 0 Å². The number of carboxylic acid groups (broad SMARTS) is 2. The summed E-state index contributed by atoms with van der Waals surface area (Å²) in [6, 6.07) is 9.12. The van der Waals surface area contributed by atoms with Crippen molar-refractivity contribution >= 4 is 17.7 Å². The number of likely N-dealkylation sites (tertiary alicyclic amines) is 1. The van der Waals surface area contributed by atoms with E-state index in [1.165, 1.54) is 12.2 Å². The van der Waals surface area contributed by atoms with Crippen LogP contribution >= 0.6 is 0 Å². The van der Waals surface area contributed by atoms with Crippen LogP contribution in [-0.4, -0.2) is 51.5 Å². The zero-order chi connectivity index (χ0) is 21.9. The Kier molecular flexibility index (Phi) is 6.18. The molecule has 0 spiro atoms. The minimum Gasteiger partial charge on any atom is -0.480 e. The lowest BCUT2D eigenvalue weighted by molar-refractivity contribution is -0.152. The molecule has 2 unspecified atom stereocenters. The van der Waals surface area contributed by atoms with Gasteiger partial charge in [0, 0.05) is 36.9 Å². The molecule has 156 valence electrons. The molecule has 0 bridgehead atoms. The number of carbonyl (C=O) groups excluding carboxylic acids is 1. The van der Waals surface area contributed by atoms with Crippen molar-refractivity contribution in [3.8, 4) is 6.07 Å². The van der Waals surface area contributed by atoms with E-state index in [0.29, 0.717) is 37.1 Å². The van der Waals surface area contributed by atoms with E-state index in [-0.39, 0.29) is 23.7 Å². The Balaban J connectivity index is 1.72. The van der Waals surface area contributed by atoms with E-state index in [4.69, 9.17) is 0 Å². The predicted molar refractivity (Wildman–Crippen MR) is 109 cm³/mol. The van der Waals surface area contributed by atoms with Gasteiger partial charge in [-0.1, -0.05) is 43.4 Å². The Morgan fingerprint density at radius 3 is 2.47 bits per heavy atom. The summed E-state index contributed by atoms with van der Waals surface area (Å²) in [4.78, 5) is 38.4. The lowest BCUT2D eigenvalue weighted by Crippen LogP contribution is -2.61. The Morgan fingerprint density at radius 2 is 1.87 bits per heavy atom. The summed E-state index contributed by atoms with van der Waals surface area (Å²) in [7, 11) is 0. The smallest absolute Gasteiger partial charge is 0.331 e. The second-order valence-electron chi connectivity index (χ2n) is 7.81. The molecule has 1 fully saturated rings.